The van der Waals surface area contributed by atoms with Crippen LogP contribution in [0.2, 0.25) is 0 Å². The van der Waals surface area contributed by atoms with Crippen LogP contribution in [-0.2, 0) is 10.0 Å². The largest absolute Gasteiger partial charge is 0.478 e. The highest BCUT2D eigenvalue weighted by molar-refractivity contribution is 7.93. The summed E-state index contributed by atoms with van der Waals surface area (Å²) in [6.45, 7) is 0. The maximum Gasteiger partial charge on any atom is 0.339 e. The molecule has 0 atom stereocenters. The van der Waals surface area contributed by atoms with Crippen molar-refractivity contribution in [2.75, 3.05) is 4.72 Å². The number of hydrogen-bond acceptors (Lipinski definition) is 3. The van der Waals surface area contributed by atoms with Crippen molar-refractivity contribution in [1.82, 2.24) is 4.98 Å². The Morgan fingerprint density at radius 3 is 2.50 bits per heavy atom. The van der Waals surface area contributed by atoms with Gasteiger partial charge in [-0.3, -0.25) is 4.72 Å². The van der Waals surface area contributed by atoms with E-state index in [4.69, 9.17) is 0 Å². The van der Waals surface area contributed by atoms with Crippen molar-refractivity contribution in [2.24, 2.45) is 0 Å². The topological polar surface area (TPSA) is 99.3 Å². The highest BCUT2D eigenvalue weighted by Crippen LogP contribution is 2.29. The predicted octanol–water partition coefficient (Wildman–Crippen LogP) is 3.82. The highest BCUT2D eigenvalue weighted by Gasteiger charge is 2.22. The molecule has 0 aliphatic carbocycles. The van der Waals surface area contributed by atoms with Gasteiger partial charge in [0, 0.05) is 17.0 Å². The van der Waals surface area contributed by atoms with E-state index in [-0.39, 0.29) is 16.1 Å². The SMILES string of the molecule is O=C(O)c1c(NS(=O)(=O)c2cccc3ccccc23)ccc2cc[nH]c12. The van der Waals surface area contributed by atoms with Gasteiger partial charge < -0.3 is 10.1 Å². The second-order valence-corrected chi connectivity index (χ2v) is 7.47. The number of nitrogens with one attached hydrogen (secondary N) is 2. The lowest BCUT2D eigenvalue weighted by Gasteiger charge is -2.13. The molecule has 3 N–H and O–H groups in total. The van der Waals surface area contributed by atoms with Gasteiger partial charge in [-0.2, -0.15) is 0 Å². The third kappa shape index (κ3) is 2.58. The Bertz CT molecular complexity index is 1250. The zero-order valence-corrected chi connectivity index (χ0v) is 14.2. The van der Waals surface area contributed by atoms with Gasteiger partial charge in [-0.1, -0.05) is 42.5 Å². The predicted molar refractivity (Wildman–Crippen MR) is 100 cm³/mol. The minimum Gasteiger partial charge on any atom is -0.478 e. The monoisotopic (exact) mass is 366 g/mol. The molecule has 7 heteroatoms. The Morgan fingerprint density at radius 2 is 1.69 bits per heavy atom. The van der Waals surface area contributed by atoms with Crippen molar-refractivity contribution < 1.29 is 18.3 Å². The van der Waals surface area contributed by atoms with E-state index >= 15 is 0 Å². The first-order valence-corrected chi connectivity index (χ1v) is 9.30. The number of aromatic carboxylic acids is 1. The lowest BCUT2D eigenvalue weighted by atomic mass is 10.1. The number of carboxylic acid groups (broad SMARTS) is 1. The number of H-pyrrole nitrogens is 1. The molecule has 0 unspecified atom stereocenters. The van der Waals surface area contributed by atoms with E-state index in [1.54, 1.807) is 36.5 Å². The van der Waals surface area contributed by atoms with Gasteiger partial charge in [-0.15, -0.1) is 0 Å². The summed E-state index contributed by atoms with van der Waals surface area (Å²) < 4.78 is 28.3. The molecule has 26 heavy (non-hydrogen) atoms. The molecule has 6 nitrogen and oxygen atoms in total. The van der Waals surface area contributed by atoms with Crippen LogP contribution in [0.4, 0.5) is 5.69 Å². The van der Waals surface area contributed by atoms with Crippen LogP contribution in [0.5, 0.6) is 0 Å². The standard InChI is InChI=1S/C19H14N2O4S/c22-19(23)17-15(9-8-13-10-11-20-18(13)17)21-26(24,25)16-7-3-5-12-4-1-2-6-14(12)16/h1-11,20-21H,(H,22,23). The third-order valence-electron chi connectivity index (χ3n) is 4.23. The number of aromatic amines is 1. The number of carbonyl (C=O) groups is 1. The maximum atomic E-state index is 13.0. The second-order valence-electron chi connectivity index (χ2n) is 5.82. The van der Waals surface area contributed by atoms with E-state index in [0.717, 1.165) is 5.39 Å². The van der Waals surface area contributed by atoms with Crippen LogP contribution < -0.4 is 4.72 Å². The molecular weight excluding hydrogens is 352 g/mol. The molecule has 0 aliphatic rings. The van der Waals surface area contributed by atoms with Gasteiger partial charge in [0.25, 0.3) is 10.0 Å². The van der Waals surface area contributed by atoms with Crippen LogP contribution in [0, 0.1) is 0 Å². The Hall–Kier alpha value is -3.32. The minimum absolute atomic E-state index is 0.0142. The first kappa shape index (κ1) is 16.2. The van der Waals surface area contributed by atoms with Gasteiger partial charge in [-0.25, -0.2) is 13.2 Å². The average Bonchev–Trinajstić information content (AvgIpc) is 3.09. The van der Waals surface area contributed by atoms with Crippen LogP contribution in [0.1, 0.15) is 10.4 Å². The Morgan fingerprint density at radius 1 is 0.923 bits per heavy atom. The summed E-state index contributed by atoms with van der Waals surface area (Å²) in [6, 6.07) is 17.0. The number of hydrogen-bond donors (Lipinski definition) is 3. The van der Waals surface area contributed by atoms with Crippen LogP contribution in [0.15, 0.2) is 71.8 Å². The number of aromatic nitrogens is 1. The summed E-state index contributed by atoms with van der Waals surface area (Å²) in [5.74, 6) is -1.21. The first-order valence-electron chi connectivity index (χ1n) is 7.81. The number of benzene rings is 3. The zero-order valence-electron chi connectivity index (χ0n) is 13.4. The number of rotatable bonds is 4. The van der Waals surface area contributed by atoms with Crippen molar-refractivity contribution in [3.05, 3.63) is 72.4 Å². The van der Waals surface area contributed by atoms with Gasteiger partial charge in [0.05, 0.1) is 16.1 Å². The molecule has 0 aliphatic heterocycles. The summed E-state index contributed by atoms with van der Waals surface area (Å²) in [5.41, 5.74) is 0.271. The number of anilines is 1. The van der Waals surface area contributed by atoms with E-state index < -0.39 is 16.0 Å². The normalized spacial score (nSPS) is 11.7. The number of carboxylic acids is 1. The molecule has 3 aromatic carbocycles. The van der Waals surface area contributed by atoms with Gasteiger partial charge in [0.15, 0.2) is 0 Å². The summed E-state index contributed by atoms with van der Waals surface area (Å²) >= 11 is 0. The molecular formula is C19H14N2O4S. The van der Waals surface area contributed by atoms with E-state index in [2.05, 4.69) is 9.71 Å². The van der Waals surface area contributed by atoms with Crippen molar-refractivity contribution >= 4 is 43.4 Å². The minimum atomic E-state index is -3.97. The van der Waals surface area contributed by atoms with Crippen molar-refractivity contribution in [3.8, 4) is 0 Å². The Kier molecular flexibility index (Phi) is 3.66. The van der Waals surface area contributed by atoms with Gasteiger partial charge >= 0.3 is 5.97 Å². The lowest BCUT2D eigenvalue weighted by Crippen LogP contribution is -2.16. The lowest BCUT2D eigenvalue weighted by molar-refractivity contribution is 0.0700. The van der Waals surface area contributed by atoms with Crippen LogP contribution in [0.3, 0.4) is 0 Å². The molecule has 1 aromatic heterocycles. The molecule has 0 saturated heterocycles. The van der Waals surface area contributed by atoms with E-state index in [0.29, 0.717) is 16.3 Å². The molecule has 130 valence electrons. The second kappa shape index (κ2) is 5.89. The summed E-state index contributed by atoms with van der Waals surface area (Å²) in [4.78, 5) is 14.7. The fourth-order valence-electron chi connectivity index (χ4n) is 3.06. The van der Waals surface area contributed by atoms with Crippen LogP contribution in [-0.4, -0.2) is 24.5 Å². The Balaban J connectivity index is 1.87. The first-order chi connectivity index (χ1) is 12.5. The summed E-state index contributed by atoms with van der Waals surface area (Å²) in [7, 11) is -3.97. The summed E-state index contributed by atoms with van der Waals surface area (Å²) in [6.07, 6.45) is 1.61. The fraction of sp³-hybridized carbons (Fsp3) is 0. The van der Waals surface area contributed by atoms with E-state index in [1.165, 1.54) is 12.1 Å². The van der Waals surface area contributed by atoms with Crippen LogP contribution >= 0.6 is 0 Å². The van der Waals surface area contributed by atoms with Gasteiger partial charge in [0.2, 0.25) is 0 Å². The van der Waals surface area contributed by atoms with Crippen molar-refractivity contribution in [3.63, 3.8) is 0 Å². The molecule has 0 bridgehead atoms. The molecule has 1 heterocycles. The molecule has 0 fully saturated rings. The van der Waals surface area contributed by atoms with Crippen LogP contribution in [0.25, 0.3) is 21.7 Å². The fourth-order valence-corrected chi connectivity index (χ4v) is 4.37. The molecule has 0 spiro atoms. The molecule has 0 radical (unpaired) electrons. The molecule has 0 saturated carbocycles. The van der Waals surface area contributed by atoms with Gasteiger partial charge in [-0.05, 0) is 23.6 Å². The highest BCUT2D eigenvalue weighted by atomic mass is 32.2. The average molecular weight is 366 g/mol. The van der Waals surface area contributed by atoms with Crippen molar-refractivity contribution in [2.45, 2.75) is 4.90 Å². The molecule has 4 rings (SSSR count). The zero-order chi connectivity index (χ0) is 18.3. The molecule has 4 aromatic rings. The molecule has 0 amide bonds. The number of fused-ring (bicyclic) bond motifs is 2. The van der Waals surface area contributed by atoms with E-state index in [9.17, 15) is 18.3 Å². The van der Waals surface area contributed by atoms with Crippen molar-refractivity contribution in [1.29, 1.82) is 0 Å². The summed E-state index contributed by atoms with van der Waals surface area (Å²) in [5, 5.41) is 11.6. The number of sulfonamides is 1. The quantitative estimate of drug-likeness (QED) is 0.511. The smallest absolute Gasteiger partial charge is 0.339 e. The van der Waals surface area contributed by atoms with Gasteiger partial charge in [0.1, 0.15) is 5.56 Å². The Labute approximate surface area is 149 Å². The third-order valence-corrected chi connectivity index (χ3v) is 5.65. The van der Waals surface area contributed by atoms with E-state index in [1.807, 2.05) is 18.2 Å². The maximum absolute atomic E-state index is 13.0.